The van der Waals surface area contributed by atoms with E-state index in [0.717, 1.165) is 27.8 Å². The smallest absolute Gasteiger partial charge is 0.0903 e. The van der Waals surface area contributed by atoms with Crippen LogP contribution in [0.15, 0.2) is 71.3 Å². The third kappa shape index (κ3) is 4.30. The van der Waals surface area contributed by atoms with Gasteiger partial charge in [-0.3, -0.25) is 10.4 Å². The highest BCUT2D eigenvalue weighted by Gasteiger charge is 2.18. The topological polar surface area (TPSA) is 36.2 Å². The summed E-state index contributed by atoms with van der Waals surface area (Å²) in [5.74, 6) is 2.65. The second-order valence-corrected chi connectivity index (χ2v) is 5.48. The van der Waals surface area contributed by atoms with Crippen molar-refractivity contribution in [3.63, 3.8) is 0 Å². The molecule has 2 heteroatoms. The summed E-state index contributed by atoms with van der Waals surface area (Å²) in [4.78, 5) is 4.34. The van der Waals surface area contributed by atoms with Gasteiger partial charge >= 0.3 is 0 Å². The van der Waals surface area contributed by atoms with Gasteiger partial charge in [0.05, 0.1) is 11.4 Å². The Labute approximate surface area is 145 Å². The van der Waals surface area contributed by atoms with E-state index < -0.39 is 0 Å². The van der Waals surface area contributed by atoms with E-state index in [1.807, 2.05) is 50.3 Å². The normalized spacial score (nSPS) is 12.5. The fourth-order valence-electron chi connectivity index (χ4n) is 2.39. The van der Waals surface area contributed by atoms with Crippen LogP contribution in [-0.2, 0) is 0 Å². The third-order valence-electron chi connectivity index (χ3n) is 3.65. The van der Waals surface area contributed by atoms with E-state index in [1.165, 1.54) is 0 Å². The molecule has 24 heavy (non-hydrogen) atoms. The summed E-state index contributed by atoms with van der Waals surface area (Å²) in [6, 6.07) is 7.77. The van der Waals surface area contributed by atoms with E-state index in [9.17, 15) is 0 Å². The number of nitrogens with zero attached hydrogens (tertiary/aromatic N) is 1. The number of rotatable bonds is 6. The molecule has 2 nitrogen and oxygen atoms in total. The standard InChI is InChI=1S/C22H24N2/c1-8-11-16(5)20(22(24-7)21(23)15(3)4)17(6)19-13-10-12-18(9-2)14-19/h2,8,10-14,23H,3,5H2,1,4,6-7H3/b11-8-,20-17+,23-21?,24-22-. The molecule has 1 aromatic rings. The van der Waals surface area contributed by atoms with E-state index in [4.69, 9.17) is 11.8 Å². The summed E-state index contributed by atoms with van der Waals surface area (Å²) < 4.78 is 0. The van der Waals surface area contributed by atoms with Crippen LogP contribution >= 0.6 is 0 Å². The van der Waals surface area contributed by atoms with Crippen molar-refractivity contribution in [1.29, 1.82) is 5.41 Å². The maximum Gasteiger partial charge on any atom is 0.0903 e. The first kappa shape index (κ1) is 19.1. The molecule has 0 aliphatic rings. The van der Waals surface area contributed by atoms with Gasteiger partial charge in [-0.2, -0.15) is 0 Å². The maximum atomic E-state index is 8.33. The molecular weight excluding hydrogens is 292 g/mol. The van der Waals surface area contributed by atoms with Crippen LogP contribution in [0.2, 0.25) is 0 Å². The molecule has 0 unspecified atom stereocenters. The van der Waals surface area contributed by atoms with Gasteiger partial charge in [0.15, 0.2) is 0 Å². The maximum absolute atomic E-state index is 8.33. The molecule has 0 saturated heterocycles. The highest BCUT2D eigenvalue weighted by atomic mass is 14.7. The molecule has 0 amide bonds. The Morgan fingerprint density at radius 3 is 2.46 bits per heavy atom. The minimum absolute atomic E-state index is 0.311. The first-order chi connectivity index (χ1) is 11.4. The fraction of sp³-hybridized carbons (Fsp3) is 0.182. The lowest BCUT2D eigenvalue weighted by Gasteiger charge is -2.17. The van der Waals surface area contributed by atoms with E-state index in [2.05, 4.69) is 24.1 Å². The average Bonchev–Trinajstić information content (AvgIpc) is 2.58. The van der Waals surface area contributed by atoms with E-state index in [0.29, 0.717) is 17.0 Å². The molecule has 1 rings (SSSR count). The number of allylic oxidation sites excluding steroid dienone is 6. The average molecular weight is 316 g/mol. The lowest BCUT2D eigenvalue weighted by Crippen LogP contribution is -2.18. The largest absolute Gasteiger partial charge is 0.298 e. The summed E-state index contributed by atoms with van der Waals surface area (Å²) >= 11 is 0. The highest BCUT2D eigenvalue weighted by molar-refractivity contribution is 6.54. The molecular formula is C22H24N2. The van der Waals surface area contributed by atoms with Crippen molar-refractivity contribution in [2.75, 3.05) is 7.05 Å². The van der Waals surface area contributed by atoms with Gasteiger partial charge in [0.1, 0.15) is 0 Å². The van der Waals surface area contributed by atoms with Crippen molar-refractivity contribution >= 4 is 17.0 Å². The van der Waals surface area contributed by atoms with Crippen molar-refractivity contribution in [2.24, 2.45) is 4.99 Å². The molecule has 1 aromatic carbocycles. The lowest BCUT2D eigenvalue weighted by atomic mass is 9.88. The lowest BCUT2D eigenvalue weighted by molar-refractivity contribution is 1.40. The minimum Gasteiger partial charge on any atom is -0.298 e. The molecule has 0 radical (unpaired) electrons. The molecule has 0 saturated carbocycles. The monoisotopic (exact) mass is 316 g/mol. The molecule has 0 spiro atoms. The zero-order valence-corrected chi connectivity index (χ0v) is 14.9. The molecule has 0 fully saturated rings. The molecule has 0 aliphatic carbocycles. The van der Waals surface area contributed by atoms with E-state index in [-0.39, 0.29) is 0 Å². The number of terminal acetylenes is 1. The van der Waals surface area contributed by atoms with Crippen LogP contribution in [0.4, 0.5) is 0 Å². The van der Waals surface area contributed by atoms with E-state index in [1.54, 1.807) is 14.0 Å². The van der Waals surface area contributed by atoms with Gasteiger partial charge in [-0.15, -0.1) is 6.42 Å². The van der Waals surface area contributed by atoms with Crippen LogP contribution < -0.4 is 0 Å². The minimum atomic E-state index is 0.311. The number of hydrogen-bond donors (Lipinski definition) is 1. The molecule has 0 heterocycles. The summed E-state index contributed by atoms with van der Waals surface area (Å²) in [5, 5.41) is 8.33. The highest BCUT2D eigenvalue weighted by Crippen LogP contribution is 2.26. The molecule has 0 aliphatic heterocycles. The van der Waals surface area contributed by atoms with Crippen molar-refractivity contribution in [3.05, 3.63) is 77.4 Å². The quantitative estimate of drug-likeness (QED) is 0.423. The van der Waals surface area contributed by atoms with Crippen molar-refractivity contribution in [2.45, 2.75) is 20.8 Å². The third-order valence-corrected chi connectivity index (χ3v) is 3.65. The first-order valence-electron chi connectivity index (χ1n) is 7.69. The first-order valence-corrected chi connectivity index (χ1v) is 7.69. The van der Waals surface area contributed by atoms with Crippen LogP contribution in [0.1, 0.15) is 31.9 Å². The predicted octanol–water partition coefficient (Wildman–Crippen LogP) is 5.24. The summed E-state index contributed by atoms with van der Waals surface area (Å²) in [6.07, 6.45) is 9.35. The second kappa shape index (κ2) is 8.64. The number of nitrogens with one attached hydrogen (secondary N) is 1. The van der Waals surface area contributed by atoms with Gasteiger partial charge in [0.25, 0.3) is 0 Å². The van der Waals surface area contributed by atoms with Crippen LogP contribution in [0.25, 0.3) is 5.57 Å². The second-order valence-electron chi connectivity index (χ2n) is 5.48. The van der Waals surface area contributed by atoms with Crippen molar-refractivity contribution in [3.8, 4) is 12.3 Å². The van der Waals surface area contributed by atoms with Gasteiger partial charge in [0.2, 0.25) is 0 Å². The van der Waals surface area contributed by atoms with Crippen molar-refractivity contribution < 1.29 is 0 Å². The molecule has 122 valence electrons. The number of benzene rings is 1. The Bertz CT molecular complexity index is 809. The van der Waals surface area contributed by atoms with Crippen LogP contribution in [0, 0.1) is 17.8 Å². The van der Waals surface area contributed by atoms with Gasteiger partial charge < -0.3 is 0 Å². The Hall–Kier alpha value is -2.92. The fourth-order valence-corrected chi connectivity index (χ4v) is 2.39. The summed E-state index contributed by atoms with van der Waals surface area (Å²) in [7, 11) is 1.68. The van der Waals surface area contributed by atoms with Gasteiger partial charge in [-0.25, -0.2) is 0 Å². The van der Waals surface area contributed by atoms with Gasteiger partial charge in [-0.05, 0) is 55.2 Å². The van der Waals surface area contributed by atoms with E-state index >= 15 is 0 Å². The van der Waals surface area contributed by atoms with Crippen molar-refractivity contribution in [1.82, 2.24) is 0 Å². The zero-order valence-electron chi connectivity index (χ0n) is 14.9. The summed E-state index contributed by atoms with van der Waals surface area (Å²) in [6.45, 7) is 13.8. The summed E-state index contributed by atoms with van der Waals surface area (Å²) in [5.41, 5.74) is 5.95. The predicted molar refractivity (Wildman–Crippen MR) is 107 cm³/mol. The number of hydrogen-bond acceptors (Lipinski definition) is 2. The van der Waals surface area contributed by atoms with Crippen LogP contribution in [-0.4, -0.2) is 18.5 Å². The van der Waals surface area contributed by atoms with Crippen LogP contribution in [0.3, 0.4) is 0 Å². The molecule has 0 bridgehead atoms. The van der Waals surface area contributed by atoms with Gasteiger partial charge in [-0.1, -0.05) is 43.4 Å². The molecule has 1 N–H and O–H groups in total. The molecule has 0 aromatic heterocycles. The Morgan fingerprint density at radius 1 is 1.29 bits per heavy atom. The molecule has 0 atom stereocenters. The van der Waals surface area contributed by atoms with Crippen LogP contribution in [0.5, 0.6) is 0 Å². The zero-order chi connectivity index (χ0) is 18.3. The SMILES string of the molecule is C#Cc1cccc(/C(C)=C(C(=C)/C=C\C)/C(=N/C)C(=N)C(=C)C)c1. The Kier molecular flexibility index (Phi) is 6.89. The number of aliphatic imine (C=N–C) groups is 1. The Balaban J connectivity index is 3.68. The Morgan fingerprint density at radius 2 is 1.96 bits per heavy atom. The van der Waals surface area contributed by atoms with Gasteiger partial charge in [0, 0.05) is 18.2 Å².